The van der Waals surface area contributed by atoms with Crippen molar-refractivity contribution in [1.82, 2.24) is 4.90 Å². The van der Waals surface area contributed by atoms with Gasteiger partial charge in [0.25, 0.3) is 5.91 Å². The highest BCUT2D eigenvalue weighted by Gasteiger charge is 2.26. The number of hydrogen-bond donors (Lipinski definition) is 2. The Hall–Kier alpha value is -2.69. The molecule has 21 heavy (non-hydrogen) atoms. The molecule has 0 unspecified atom stereocenters. The fourth-order valence-electron chi connectivity index (χ4n) is 2.54. The summed E-state index contributed by atoms with van der Waals surface area (Å²) >= 11 is 0. The first-order valence-corrected chi connectivity index (χ1v) is 6.62. The van der Waals surface area contributed by atoms with Crippen molar-refractivity contribution in [3.63, 3.8) is 0 Å². The monoisotopic (exact) mass is 284 g/mol. The third kappa shape index (κ3) is 2.38. The summed E-state index contributed by atoms with van der Waals surface area (Å²) < 4.78 is 5.10. The molecule has 1 aliphatic rings. The average Bonchev–Trinajstić information content (AvgIpc) is 2.90. The number of ether oxygens (including phenoxy) is 1. The number of fused-ring (bicyclic) bond motifs is 1. The smallest absolute Gasteiger partial charge is 0.258 e. The molecule has 0 spiro atoms. The molecule has 0 radical (unpaired) electrons. The van der Waals surface area contributed by atoms with Crippen LogP contribution in [0.4, 0.5) is 5.69 Å². The molecule has 1 aliphatic heterocycles. The van der Waals surface area contributed by atoms with Crippen molar-refractivity contribution in [1.29, 1.82) is 0 Å². The van der Waals surface area contributed by atoms with E-state index < -0.39 is 0 Å². The van der Waals surface area contributed by atoms with Gasteiger partial charge in [0, 0.05) is 18.8 Å². The number of carbonyl (C=O) groups excluding carboxylic acids is 1. The summed E-state index contributed by atoms with van der Waals surface area (Å²) in [6, 6.07) is 10.3. The van der Waals surface area contributed by atoms with Crippen LogP contribution in [0.15, 0.2) is 36.4 Å². The number of amides is 1. The molecule has 1 amide bonds. The van der Waals surface area contributed by atoms with Gasteiger partial charge in [0.05, 0.1) is 12.7 Å². The predicted octanol–water partition coefficient (Wildman–Crippen LogP) is 2.14. The highest BCUT2D eigenvalue weighted by Crippen LogP contribution is 2.29. The van der Waals surface area contributed by atoms with E-state index >= 15 is 0 Å². The highest BCUT2D eigenvalue weighted by atomic mass is 16.5. The minimum absolute atomic E-state index is 0.0451. The Bertz CT molecular complexity index is 713. The maximum absolute atomic E-state index is 12.6. The fraction of sp³-hybridized carbons (Fsp3) is 0.188. The SMILES string of the molecule is COc1ccc(O)c(C(=O)N2Cc3ccc(N)cc3C2)c1. The van der Waals surface area contributed by atoms with Crippen molar-refractivity contribution < 1.29 is 14.6 Å². The van der Waals surface area contributed by atoms with Crippen molar-refractivity contribution in [3.8, 4) is 11.5 Å². The molecular weight excluding hydrogens is 268 g/mol. The first-order valence-electron chi connectivity index (χ1n) is 6.62. The second-order valence-corrected chi connectivity index (χ2v) is 5.07. The second-order valence-electron chi connectivity index (χ2n) is 5.07. The number of rotatable bonds is 2. The van der Waals surface area contributed by atoms with Gasteiger partial charge in [-0.3, -0.25) is 4.79 Å². The van der Waals surface area contributed by atoms with Gasteiger partial charge >= 0.3 is 0 Å². The van der Waals surface area contributed by atoms with Gasteiger partial charge in [-0.15, -0.1) is 0 Å². The van der Waals surface area contributed by atoms with Crippen molar-refractivity contribution in [3.05, 3.63) is 53.1 Å². The van der Waals surface area contributed by atoms with E-state index in [1.807, 2.05) is 18.2 Å². The normalized spacial score (nSPS) is 13.1. The number of benzene rings is 2. The number of anilines is 1. The summed E-state index contributed by atoms with van der Waals surface area (Å²) in [5.41, 5.74) is 8.83. The standard InChI is InChI=1S/C16H16N2O3/c1-21-13-4-5-15(19)14(7-13)16(20)18-8-10-2-3-12(17)6-11(10)9-18/h2-7,19H,8-9,17H2,1H3. The zero-order chi connectivity index (χ0) is 15.0. The van der Waals surface area contributed by atoms with Crippen LogP contribution in [0, 0.1) is 0 Å². The average molecular weight is 284 g/mol. The number of methoxy groups -OCH3 is 1. The quantitative estimate of drug-likeness (QED) is 0.828. The summed E-state index contributed by atoms with van der Waals surface area (Å²) in [6.45, 7) is 1.01. The predicted molar refractivity (Wildman–Crippen MR) is 79.1 cm³/mol. The molecule has 0 aromatic heterocycles. The number of nitrogen functional groups attached to an aromatic ring is 1. The summed E-state index contributed by atoms with van der Waals surface area (Å²) in [6.07, 6.45) is 0. The van der Waals surface area contributed by atoms with Gasteiger partial charge in [-0.2, -0.15) is 0 Å². The molecule has 5 heteroatoms. The zero-order valence-electron chi connectivity index (χ0n) is 11.7. The van der Waals surface area contributed by atoms with E-state index in [1.54, 1.807) is 17.0 Å². The maximum Gasteiger partial charge on any atom is 0.258 e. The van der Waals surface area contributed by atoms with Gasteiger partial charge in [0.2, 0.25) is 0 Å². The van der Waals surface area contributed by atoms with Crippen molar-refractivity contribution >= 4 is 11.6 Å². The lowest BCUT2D eigenvalue weighted by molar-refractivity contribution is 0.0748. The molecule has 1 heterocycles. The summed E-state index contributed by atoms with van der Waals surface area (Å²) in [7, 11) is 1.52. The molecule has 3 N–H and O–H groups in total. The Morgan fingerprint density at radius 1 is 1.19 bits per heavy atom. The minimum Gasteiger partial charge on any atom is -0.507 e. The number of hydrogen-bond acceptors (Lipinski definition) is 4. The van der Waals surface area contributed by atoms with Gasteiger partial charge < -0.3 is 20.5 Å². The van der Waals surface area contributed by atoms with E-state index in [-0.39, 0.29) is 17.2 Å². The van der Waals surface area contributed by atoms with E-state index in [0.29, 0.717) is 24.5 Å². The van der Waals surface area contributed by atoms with Crippen LogP contribution in [0.1, 0.15) is 21.5 Å². The number of carbonyl (C=O) groups is 1. The van der Waals surface area contributed by atoms with Crippen LogP contribution in [0.2, 0.25) is 0 Å². The summed E-state index contributed by atoms with van der Waals surface area (Å²) in [5, 5.41) is 9.90. The van der Waals surface area contributed by atoms with Crippen molar-refractivity contribution in [2.75, 3.05) is 12.8 Å². The Kier molecular flexibility index (Phi) is 3.17. The number of aromatic hydroxyl groups is 1. The lowest BCUT2D eigenvalue weighted by atomic mass is 10.1. The van der Waals surface area contributed by atoms with Crippen LogP contribution in [0.25, 0.3) is 0 Å². The Labute approximate surface area is 122 Å². The van der Waals surface area contributed by atoms with Gasteiger partial charge in [-0.05, 0) is 41.5 Å². The summed E-state index contributed by atoms with van der Waals surface area (Å²) in [5.74, 6) is 0.273. The van der Waals surface area contributed by atoms with Crippen LogP contribution >= 0.6 is 0 Å². The molecule has 2 aromatic rings. The number of phenols is 1. The molecule has 0 bridgehead atoms. The summed E-state index contributed by atoms with van der Waals surface area (Å²) in [4.78, 5) is 14.2. The lowest BCUT2D eigenvalue weighted by Crippen LogP contribution is -2.25. The van der Waals surface area contributed by atoms with Gasteiger partial charge in [-0.25, -0.2) is 0 Å². The second kappa shape index (κ2) is 5.01. The number of phenolic OH excluding ortho intramolecular Hbond substituents is 1. The largest absolute Gasteiger partial charge is 0.507 e. The van der Waals surface area contributed by atoms with Crippen LogP contribution in [-0.4, -0.2) is 23.0 Å². The third-order valence-electron chi connectivity index (χ3n) is 3.67. The molecule has 0 aliphatic carbocycles. The number of nitrogens with zero attached hydrogens (tertiary/aromatic N) is 1. The molecule has 0 saturated carbocycles. The molecule has 5 nitrogen and oxygen atoms in total. The zero-order valence-corrected chi connectivity index (χ0v) is 11.7. The van der Waals surface area contributed by atoms with E-state index in [4.69, 9.17) is 10.5 Å². The third-order valence-corrected chi connectivity index (χ3v) is 3.67. The Morgan fingerprint density at radius 2 is 1.95 bits per heavy atom. The molecule has 108 valence electrons. The van der Waals surface area contributed by atoms with Crippen LogP contribution in [-0.2, 0) is 13.1 Å². The Morgan fingerprint density at radius 3 is 2.71 bits per heavy atom. The maximum atomic E-state index is 12.6. The molecule has 3 rings (SSSR count). The number of nitrogens with two attached hydrogens (primary N) is 1. The van der Waals surface area contributed by atoms with E-state index in [1.165, 1.54) is 13.2 Å². The molecule has 0 atom stereocenters. The lowest BCUT2D eigenvalue weighted by Gasteiger charge is -2.16. The highest BCUT2D eigenvalue weighted by molar-refractivity contribution is 5.97. The molecule has 0 fully saturated rings. The van der Waals surface area contributed by atoms with E-state index in [9.17, 15) is 9.90 Å². The topological polar surface area (TPSA) is 75.8 Å². The fourth-order valence-corrected chi connectivity index (χ4v) is 2.54. The minimum atomic E-state index is -0.221. The molecular formula is C16H16N2O3. The van der Waals surface area contributed by atoms with Crippen LogP contribution in [0.5, 0.6) is 11.5 Å². The van der Waals surface area contributed by atoms with Crippen LogP contribution < -0.4 is 10.5 Å². The first kappa shape index (κ1) is 13.3. The molecule has 0 saturated heterocycles. The van der Waals surface area contributed by atoms with Crippen LogP contribution in [0.3, 0.4) is 0 Å². The van der Waals surface area contributed by atoms with Gasteiger partial charge in [-0.1, -0.05) is 6.07 Å². The van der Waals surface area contributed by atoms with Crippen molar-refractivity contribution in [2.24, 2.45) is 0 Å². The van der Waals surface area contributed by atoms with Crippen molar-refractivity contribution in [2.45, 2.75) is 13.1 Å². The molecule has 2 aromatic carbocycles. The first-order chi connectivity index (χ1) is 10.1. The van der Waals surface area contributed by atoms with Gasteiger partial charge in [0.1, 0.15) is 11.5 Å². The van der Waals surface area contributed by atoms with E-state index in [2.05, 4.69) is 0 Å². The van der Waals surface area contributed by atoms with E-state index in [0.717, 1.165) is 11.1 Å². The Balaban J connectivity index is 1.88. The van der Waals surface area contributed by atoms with Gasteiger partial charge in [0.15, 0.2) is 0 Å².